The number of aromatic amines is 1. The summed E-state index contributed by atoms with van der Waals surface area (Å²) in [5.74, 6) is 0.000366. The van der Waals surface area contributed by atoms with Crippen LogP contribution in [0.15, 0.2) is 6.07 Å². The third kappa shape index (κ3) is 2.98. The number of carbonyl (C=O) groups excluding carboxylic acids is 1. The molecule has 2 atom stereocenters. The molecule has 4 rings (SSSR count). The van der Waals surface area contributed by atoms with Crippen molar-refractivity contribution in [2.75, 3.05) is 13.1 Å². The van der Waals surface area contributed by atoms with Crippen LogP contribution in [0.25, 0.3) is 0 Å². The van der Waals surface area contributed by atoms with Crippen LogP contribution in [0.2, 0.25) is 0 Å². The summed E-state index contributed by atoms with van der Waals surface area (Å²) in [7, 11) is 0. The fourth-order valence-corrected chi connectivity index (χ4v) is 4.76. The van der Waals surface area contributed by atoms with E-state index in [1.165, 1.54) is 22.6 Å². The molecular weight excluding hydrogens is 324 g/mol. The summed E-state index contributed by atoms with van der Waals surface area (Å²) in [4.78, 5) is 20.3. The Balaban J connectivity index is 1.45. The van der Waals surface area contributed by atoms with Crippen LogP contribution in [0.3, 0.4) is 0 Å². The average Bonchev–Trinajstić information content (AvgIpc) is 3.26. The zero-order valence-electron chi connectivity index (χ0n) is 13.8. The summed E-state index contributed by atoms with van der Waals surface area (Å²) in [6.07, 6.45) is 4.57. The number of nitrogens with zero attached hydrogens (tertiary/aromatic N) is 3. The van der Waals surface area contributed by atoms with Crippen molar-refractivity contribution >= 4 is 17.2 Å². The second-order valence-corrected chi connectivity index (χ2v) is 7.96. The third-order valence-corrected chi connectivity index (χ3v) is 6.10. The molecule has 128 valence electrons. The number of nitrogens with one attached hydrogen (secondary N) is 1. The largest absolute Gasteiger partial charge is 0.391 e. The van der Waals surface area contributed by atoms with Crippen molar-refractivity contribution in [1.82, 2.24) is 20.1 Å². The van der Waals surface area contributed by atoms with Gasteiger partial charge < -0.3 is 10.0 Å². The lowest BCUT2D eigenvalue weighted by Crippen LogP contribution is -2.29. The smallest absolute Gasteiger partial charge is 0.282 e. The molecule has 1 saturated heterocycles. The van der Waals surface area contributed by atoms with Crippen molar-refractivity contribution in [1.29, 1.82) is 0 Å². The number of aromatic nitrogens is 3. The van der Waals surface area contributed by atoms with Crippen LogP contribution >= 0.6 is 11.3 Å². The van der Waals surface area contributed by atoms with Crippen molar-refractivity contribution < 1.29 is 9.90 Å². The maximum Gasteiger partial charge on any atom is 0.282 e. The summed E-state index contributed by atoms with van der Waals surface area (Å²) in [6.45, 7) is 2.91. The van der Waals surface area contributed by atoms with E-state index in [1.54, 1.807) is 4.90 Å². The van der Waals surface area contributed by atoms with Gasteiger partial charge in [0.15, 0.2) is 5.01 Å². The Morgan fingerprint density at radius 2 is 2.25 bits per heavy atom. The first-order chi connectivity index (χ1) is 11.6. The number of rotatable bonds is 3. The van der Waals surface area contributed by atoms with Crippen LogP contribution in [0, 0.1) is 12.8 Å². The molecule has 0 spiro atoms. The first kappa shape index (κ1) is 15.8. The SMILES string of the molecule is Cc1cc(C[C@@H]2CN(C(=O)c3nc4c(s3)CCCC4)C[C@H]2O)n[nH]1. The van der Waals surface area contributed by atoms with Gasteiger partial charge in [-0.2, -0.15) is 5.10 Å². The zero-order chi connectivity index (χ0) is 16.7. The fraction of sp³-hybridized carbons (Fsp3) is 0.588. The van der Waals surface area contributed by atoms with E-state index in [0.717, 1.165) is 36.3 Å². The Labute approximate surface area is 144 Å². The molecular formula is C17H22N4O2S. The van der Waals surface area contributed by atoms with Crippen LogP contribution in [0.1, 0.15) is 44.6 Å². The number of hydrogen-bond donors (Lipinski definition) is 2. The van der Waals surface area contributed by atoms with Crippen molar-refractivity contribution in [3.8, 4) is 0 Å². The van der Waals surface area contributed by atoms with Gasteiger partial charge in [0, 0.05) is 29.6 Å². The van der Waals surface area contributed by atoms with Gasteiger partial charge >= 0.3 is 0 Å². The third-order valence-electron chi connectivity index (χ3n) is 4.95. The number of aryl methyl sites for hydroxylation is 3. The Bertz CT molecular complexity index is 730. The lowest BCUT2D eigenvalue weighted by molar-refractivity contribution is 0.0764. The molecule has 0 bridgehead atoms. The minimum absolute atomic E-state index is 0.0332. The van der Waals surface area contributed by atoms with E-state index in [0.29, 0.717) is 24.5 Å². The number of carbonyl (C=O) groups is 1. The van der Waals surface area contributed by atoms with Gasteiger partial charge in [0.05, 0.1) is 17.5 Å². The number of thiazole rings is 1. The van der Waals surface area contributed by atoms with Crippen molar-refractivity contribution in [2.24, 2.45) is 5.92 Å². The molecule has 0 aromatic carbocycles. The van der Waals surface area contributed by atoms with Crippen LogP contribution in [-0.2, 0) is 19.3 Å². The zero-order valence-corrected chi connectivity index (χ0v) is 14.6. The molecule has 1 aliphatic carbocycles. The van der Waals surface area contributed by atoms with Crippen LogP contribution < -0.4 is 0 Å². The predicted octanol–water partition coefficient (Wildman–Crippen LogP) is 1.73. The van der Waals surface area contributed by atoms with E-state index in [-0.39, 0.29) is 11.8 Å². The summed E-state index contributed by atoms with van der Waals surface area (Å²) >= 11 is 1.54. The van der Waals surface area contributed by atoms with Gasteiger partial charge in [-0.1, -0.05) is 0 Å². The van der Waals surface area contributed by atoms with Gasteiger partial charge in [-0.25, -0.2) is 4.98 Å². The molecule has 0 radical (unpaired) electrons. The second kappa shape index (κ2) is 6.29. The lowest BCUT2D eigenvalue weighted by atomic mass is 10.0. The van der Waals surface area contributed by atoms with Crippen molar-refractivity contribution in [3.63, 3.8) is 0 Å². The standard InChI is InChI=1S/C17H22N4O2S/c1-10-6-12(20-19-10)7-11-8-21(9-14(11)22)17(23)16-18-13-4-2-3-5-15(13)24-16/h6,11,14,22H,2-5,7-9H2,1H3,(H,19,20)/t11-,14-/m1/s1. The highest BCUT2D eigenvalue weighted by Gasteiger charge is 2.36. The fourth-order valence-electron chi connectivity index (χ4n) is 3.65. The van der Waals surface area contributed by atoms with E-state index >= 15 is 0 Å². The van der Waals surface area contributed by atoms with E-state index < -0.39 is 6.10 Å². The summed E-state index contributed by atoms with van der Waals surface area (Å²) < 4.78 is 0. The number of H-pyrrole nitrogens is 1. The van der Waals surface area contributed by atoms with Gasteiger partial charge in [-0.15, -0.1) is 11.3 Å². The quantitative estimate of drug-likeness (QED) is 0.887. The van der Waals surface area contributed by atoms with Gasteiger partial charge in [0.1, 0.15) is 0 Å². The van der Waals surface area contributed by atoms with Crippen molar-refractivity contribution in [3.05, 3.63) is 33.0 Å². The number of β-amino-alcohol motifs (C(OH)–C–C–N with tert-alkyl or cyclic N) is 1. The maximum atomic E-state index is 12.8. The predicted molar refractivity (Wildman–Crippen MR) is 91.2 cm³/mol. The van der Waals surface area contributed by atoms with Gasteiger partial charge in [-0.3, -0.25) is 9.89 Å². The number of aliphatic hydroxyl groups excluding tert-OH is 1. The minimum atomic E-state index is -0.499. The second-order valence-electron chi connectivity index (χ2n) is 6.88. The Morgan fingerprint density at radius 1 is 1.42 bits per heavy atom. The highest BCUT2D eigenvalue weighted by atomic mass is 32.1. The number of likely N-dealkylation sites (tertiary alicyclic amines) is 1. The normalized spacial score (nSPS) is 23.5. The summed E-state index contributed by atoms with van der Waals surface area (Å²) in [6, 6.07) is 1.99. The number of hydrogen-bond acceptors (Lipinski definition) is 5. The Kier molecular flexibility index (Phi) is 4.14. The molecule has 2 aromatic heterocycles. The summed E-state index contributed by atoms with van der Waals surface area (Å²) in [5, 5.41) is 18.1. The number of amides is 1. The molecule has 3 heterocycles. The van der Waals surface area contributed by atoms with E-state index in [9.17, 15) is 9.90 Å². The molecule has 0 unspecified atom stereocenters. The van der Waals surface area contributed by atoms with Gasteiger partial charge in [0.2, 0.25) is 0 Å². The molecule has 24 heavy (non-hydrogen) atoms. The number of aliphatic hydroxyl groups is 1. The van der Waals surface area contributed by atoms with E-state index in [2.05, 4.69) is 15.2 Å². The maximum absolute atomic E-state index is 12.8. The van der Waals surface area contributed by atoms with Crippen molar-refractivity contribution in [2.45, 2.75) is 45.1 Å². The Hall–Kier alpha value is -1.73. The molecule has 1 fully saturated rings. The van der Waals surface area contributed by atoms with Crippen LogP contribution in [0.5, 0.6) is 0 Å². The molecule has 2 aliphatic rings. The van der Waals surface area contributed by atoms with Crippen LogP contribution in [0.4, 0.5) is 0 Å². The van der Waals surface area contributed by atoms with E-state index in [4.69, 9.17) is 0 Å². The highest BCUT2D eigenvalue weighted by Crippen LogP contribution is 2.29. The first-order valence-corrected chi connectivity index (χ1v) is 9.38. The molecule has 6 nitrogen and oxygen atoms in total. The van der Waals surface area contributed by atoms with E-state index in [1.807, 2.05) is 13.0 Å². The average molecular weight is 346 g/mol. The molecule has 2 aromatic rings. The topological polar surface area (TPSA) is 82.1 Å². The minimum Gasteiger partial charge on any atom is -0.391 e. The molecule has 0 saturated carbocycles. The van der Waals surface area contributed by atoms with Gasteiger partial charge in [0.25, 0.3) is 5.91 Å². The first-order valence-electron chi connectivity index (χ1n) is 8.57. The summed E-state index contributed by atoms with van der Waals surface area (Å²) in [5.41, 5.74) is 3.06. The highest BCUT2D eigenvalue weighted by molar-refractivity contribution is 7.13. The lowest BCUT2D eigenvalue weighted by Gasteiger charge is -2.14. The number of fused-ring (bicyclic) bond motifs is 1. The molecule has 2 N–H and O–H groups in total. The molecule has 1 aliphatic heterocycles. The van der Waals surface area contributed by atoms with Gasteiger partial charge in [-0.05, 0) is 45.1 Å². The Morgan fingerprint density at radius 3 is 3.00 bits per heavy atom. The molecule has 1 amide bonds. The van der Waals surface area contributed by atoms with Crippen LogP contribution in [-0.4, -0.2) is 50.3 Å². The molecule has 7 heteroatoms. The monoisotopic (exact) mass is 346 g/mol.